The third kappa shape index (κ3) is 60.8. The molecule has 0 atom stereocenters. The number of Topliss-reactive ketones (excluding diaryl/α,β-unsaturated/α-hetero) is 3. The van der Waals surface area contributed by atoms with E-state index in [-0.39, 0.29) is 54.4 Å². The second-order valence-corrected chi connectivity index (χ2v) is 67.5. The van der Waals surface area contributed by atoms with E-state index in [0.29, 0.717) is 57.4 Å². The molecule has 0 aromatic heterocycles. The van der Waals surface area contributed by atoms with Gasteiger partial charge in [0.05, 0.1) is 70.5 Å². The van der Waals surface area contributed by atoms with Crippen molar-refractivity contribution in [2.24, 2.45) is 0 Å². The number of hydrogen-bond acceptors (Lipinski definition) is 22. The molecule has 4 rings (SSSR count). The van der Waals surface area contributed by atoms with Crippen molar-refractivity contribution >= 4 is 142 Å². The van der Waals surface area contributed by atoms with Crippen LogP contribution in [0.3, 0.4) is 0 Å². The van der Waals surface area contributed by atoms with Crippen molar-refractivity contribution in [3.8, 4) is 23.0 Å². The van der Waals surface area contributed by atoms with Gasteiger partial charge in [0.2, 0.25) is 36.5 Å². The number of rotatable bonds is 23. The standard InChI is InChI=1S/C15H19FO4.2C10H13FO2.2C8H16O3Si.C7H6BrFO.C5H8O3.C4H9F3O3SSi.C3H6O.4ClH.Sn/c1-5-20-14(18)12(17)9-15(2,3)11-8-10(16)6-7-13(11)19-4;2*1-10(2,12)8-6-7(11)4-5-9(8)13-3;2*1-6-10-8(9)7(2)11-12(3,4)5;1-10-7-3-2-5(9)4-6(7)8;1-3-8-5(7)4(2)6;1-12(2,3)10-11(8,9)4(5,6)7;1-3(2)4;;;;;/h6-8H,5,9H2,1-4H3;2*4-6,12H,1-3H3;2*2,6H2,1,3-5H3;2-4H,1H3;3H2,1-2H3;1-3H3;1-2H3;4*1H;/q;;;;;;;;;;;;;+4/p-4. The van der Waals surface area contributed by atoms with Crippen LogP contribution in [0, 0.1) is 23.3 Å². The first-order chi connectivity index (χ1) is 49.0. The number of hydrogen-bond donors (Lipinski definition) is 2. The van der Waals surface area contributed by atoms with Gasteiger partial charge in [0.25, 0.3) is 0 Å². The Morgan fingerprint density at radius 2 is 0.734 bits per heavy atom. The van der Waals surface area contributed by atoms with E-state index in [0.717, 1.165) is 0 Å². The number of benzene rings is 4. The Kier molecular flexibility index (Phi) is 56.9. The van der Waals surface area contributed by atoms with E-state index in [1.165, 1.54) is 136 Å². The minimum atomic E-state index is -5.39. The average molecular weight is 1890 g/mol. The van der Waals surface area contributed by atoms with Crippen LogP contribution in [0.25, 0.3) is 0 Å². The van der Waals surface area contributed by atoms with Gasteiger partial charge in [0.15, 0.2) is 11.5 Å². The Bertz CT molecular complexity index is 3500. The summed E-state index contributed by atoms with van der Waals surface area (Å²) >= 11 is -0.149. The molecule has 0 aliphatic rings. The molecule has 4 aromatic carbocycles. The van der Waals surface area contributed by atoms with E-state index in [1.54, 1.807) is 75.3 Å². The van der Waals surface area contributed by atoms with Gasteiger partial charge in [-0.15, -0.1) is 0 Å². The van der Waals surface area contributed by atoms with Gasteiger partial charge in [-0.1, -0.05) is 27.0 Å². The van der Waals surface area contributed by atoms with Crippen molar-refractivity contribution < 1.29 is 134 Å². The molecule has 0 saturated carbocycles. The predicted octanol–water partition coefficient (Wildman–Crippen LogP) is 18.0. The number of esters is 4. The number of alkyl halides is 3. The fourth-order valence-electron chi connectivity index (χ4n) is 6.80. The van der Waals surface area contributed by atoms with Gasteiger partial charge in [0.1, 0.15) is 52.1 Å². The van der Waals surface area contributed by atoms with Crippen LogP contribution < -0.4 is 18.9 Å². The van der Waals surface area contributed by atoms with Crippen molar-refractivity contribution in [2.45, 2.75) is 177 Å². The Morgan fingerprint density at radius 3 is 0.954 bits per heavy atom. The molecule has 0 bridgehead atoms. The van der Waals surface area contributed by atoms with E-state index in [1.807, 2.05) is 39.3 Å². The maximum absolute atomic E-state index is 13.4. The zero-order valence-electron chi connectivity index (χ0n) is 66.4. The molecule has 0 aliphatic heterocycles. The zero-order chi connectivity index (χ0) is 87.4. The van der Waals surface area contributed by atoms with Crippen molar-refractivity contribution in [1.82, 2.24) is 0 Å². The average Bonchev–Trinajstić information content (AvgIpc) is 0.835. The van der Waals surface area contributed by atoms with Crippen LogP contribution in [0.1, 0.15) is 113 Å². The number of carbonyl (C=O) groups excluding carboxylic acids is 7. The van der Waals surface area contributed by atoms with Crippen LogP contribution in [-0.4, -0.2) is 159 Å². The molecular weight excluding hydrogens is 1780 g/mol. The fourth-order valence-corrected chi connectivity index (χ4v) is 12.0. The maximum atomic E-state index is 13.4. The molecule has 0 heterocycles. The summed E-state index contributed by atoms with van der Waals surface area (Å²) in [6.45, 7) is 45.0. The first-order valence-electron chi connectivity index (χ1n) is 32.2. The summed E-state index contributed by atoms with van der Waals surface area (Å²) in [6, 6.07) is 16.5. The fraction of sp³-hybridized carbons (Fsp3) is 0.500. The SMILES string of the molecule is C=C(O[Si](C)(C)C)C(=O)OCC.C=C(O[Si](C)(C)C)C(=O)OCC.CC(C)=O.CCOC(=O)C(=O)CC(C)(C)c1cc(F)ccc1OC.CCOC(=O)C(C)=O.COc1ccc(F)cc1Br.COc1ccc(F)cc1C(C)(C)O.COc1ccc(F)cc1C(C)(C)O.C[Si](C)(C)OS(=O)(=O)C(F)(F)F.[Cl][Sn]([Cl])([Cl])[Cl]. The molecule has 109 heavy (non-hydrogen) atoms. The summed E-state index contributed by atoms with van der Waals surface area (Å²) in [5, 5.41) is 19.4. The van der Waals surface area contributed by atoms with Crippen LogP contribution in [0.4, 0.5) is 30.7 Å². The molecule has 22 nitrogen and oxygen atoms in total. The summed E-state index contributed by atoms with van der Waals surface area (Å²) in [5.41, 5.74) is -6.78. The molecule has 2 N–H and O–H groups in total. The van der Waals surface area contributed by atoms with Gasteiger partial charge in [-0.2, -0.15) is 21.6 Å². The molecule has 0 spiro atoms. The topological polar surface area (TPSA) is 296 Å². The normalized spacial score (nSPS) is 11.0. The molecule has 0 fully saturated rings. The van der Waals surface area contributed by atoms with Gasteiger partial charge in [-0.25, -0.2) is 36.7 Å². The molecule has 39 heteroatoms. The van der Waals surface area contributed by atoms with Gasteiger partial charge in [-0.05, 0) is 217 Å². The van der Waals surface area contributed by atoms with E-state index in [9.17, 15) is 82.9 Å². The first kappa shape index (κ1) is 114. The van der Waals surface area contributed by atoms with Crippen molar-refractivity contribution in [3.63, 3.8) is 0 Å². The number of carbonyl (C=O) groups is 7. The predicted molar refractivity (Wildman–Crippen MR) is 422 cm³/mol. The Morgan fingerprint density at radius 1 is 0.477 bits per heavy atom. The van der Waals surface area contributed by atoms with Crippen LogP contribution in [0.5, 0.6) is 23.0 Å². The number of ether oxygens (including phenoxy) is 8. The van der Waals surface area contributed by atoms with E-state index >= 15 is 0 Å². The van der Waals surface area contributed by atoms with Crippen molar-refractivity contribution in [2.75, 3.05) is 54.9 Å². The van der Waals surface area contributed by atoms with Gasteiger partial charge in [0, 0.05) is 35.4 Å². The van der Waals surface area contributed by atoms with E-state index in [4.69, 9.17) is 73.0 Å². The zero-order valence-corrected chi connectivity index (χ0v) is 77.7. The van der Waals surface area contributed by atoms with E-state index < -0.39 is 112 Å². The number of ketones is 3. The summed E-state index contributed by atoms with van der Waals surface area (Å²) in [7, 11) is 14.6. The molecule has 4 aromatic rings. The van der Waals surface area contributed by atoms with Crippen LogP contribution >= 0.6 is 51.6 Å². The van der Waals surface area contributed by atoms with Crippen LogP contribution in [0.15, 0.2) is 102 Å². The second kappa shape index (κ2) is 54.2. The van der Waals surface area contributed by atoms with Gasteiger partial charge in [-0.3, -0.25) is 9.59 Å². The van der Waals surface area contributed by atoms with Crippen LogP contribution in [-0.2, 0) is 92.0 Å². The number of aliphatic hydroxyl groups is 2. The number of methoxy groups -OCH3 is 4. The van der Waals surface area contributed by atoms with Crippen molar-refractivity contribution in [1.29, 1.82) is 0 Å². The molecule has 624 valence electrons. The van der Waals surface area contributed by atoms with Gasteiger partial charge >= 0.3 is 89.1 Å². The summed E-state index contributed by atoms with van der Waals surface area (Å²) in [6.07, 6.45) is -0.0777. The third-order valence-electron chi connectivity index (χ3n) is 10.8. The number of halogens is 12. The Labute approximate surface area is 667 Å². The Hall–Kier alpha value is -5.52. The summed E-state index contributed by atoms with van der Waals surface area (Å²) in [5.74, 6) is -2.65. The van der Waals surface area contributed by atoms with Crippen LogP contribution in [0.2, 0.25) is 58.9 Å². The van der Waals surface area contributed by atoms with Gasteiger partial charge < -0.3 is 65.6 Å². The molecule has 0 saturated heterocycles. The molecule has 0 aliphatic carbocycles. The quantitative estimate of drug-likeness (QED) is 0.0102. The first-order valence-corrected chi connectivity index (χ1v) is 59.1. The monoisotopic (exact) mass is 1890 g/mol. The summed E-state index contributed by atoms with van der Waals surface area (Å²) < 4.78 is 161. The summed E-state index contributed by atoms with van der Waals surface area (Å²) in [4.78, 5) is 74.9. The Balaban J connectivity index is -0.000000276. The molecule has 0 unspecified atom stereocenters. The van der Waals surface area contributed by atoms with E-state index in [2.05, 4.69) is 42.4 Å². The van der Waals surface area contributed by atoms with Crippen molar-refractivity contribution in [3.05, 3.63) is 142 Å². The molecule has 0 radical (unpaired) electrons. The minimum absolute atomic E-state index is 0.0777. The third-order valence-corrected chi connectivity index (χ3v) is 16.6. The molecular formula is C70H106BrCl4F7O22SSi3Sn. The molecule has 0 amide bonds. The second-order valence-electron chi connectivity index (χ2n) is 26.1.